The Morgan fingerprint density at radius 1 is 1.09 bits per heavy atom. The summed E-state index contributed by atoms with van der Waals surface area (Å²) >= 11 is 0. The van der Waals surface area contributed by atoms with Crippen molar-refractivity contribution in [2.24, 2.45) is 4.99 Å². The molecule has 2 aromatic rings. The van der Waals surface area contributed by atoms with Gasteiger partial charge in [-0.3, -0.25) is 4.79 Å². The van der Waals surface area contributed by atoms with Gasteiger partial charge >= 0.3 is 0 Å². The molecule has 0 spiro atoms. The summed E-state index contributed by atoms with van der Waals surface area (Å²) in [4.78, 5) is 16.6. The van der Waals surface area contributed by atoms with Gasteiger partial charge in [0.05, 0.1) is 0 Å². The van der Waals surface area contributed by atoms with Crippen LogP contribution in [-0.4, -0.2) is 11.7 Å². The lowest BCUT2D eigenvalue weighted by atomic mass is 10.1. The number of carbonyl (C=O) groups is 1. The quantitative estimate of drug-likeness (QED) is 0.864. The third-order valence-electron chi connectivity index (χ3n) is 3.79. The first-order chi connectivity index (χ1) is 10.7. The summed E-state index contributed by atoms with van der Waals surface area (Å²) in [6, 6.07) is 16.1. The predicted molar refractivity (Wildman–Crippen MR) is 89.7 cm³/mol. The molecule has 110 valence electrons. The highest BCUT2D eigenvalue weighted by atomic mass is 16.2. The van der Waals surface area contributed by atoms with Crippen molar-refractivity contribution in [1.29, 1.82) is 0 Å². The summed E-state index contributed by atoms with van der Waals surface area (Å²) in [6.45, 7) is 4.13. The minimum atomic E-state index is -0.155. The van der Waals surface area contributed by atoms with E-state index in [1.165, 1.54) is 5.56 Å². The summed E-state index contributed by atoms with van der Waals surface area (Å²) in [7, 11) is 0. The van der Waals surface area contributed by atoms with Gasteiger partial charge in [0.1, 0.15) is 11.5 Å². The Balaban J connectivity index is 1.92. The summed E-state index contributed by atoms with van der Waals surface area (Å²) in [6.07, 6.45) is 2.83. The van der Waals surface area contributed by atoms with Gasteiger partial charge in [-0.25, -0.2) is 4.99 Å². The number of benzene rings is 2. The summed E-state index contributed by atoms with van der Waals surface area (Å²) in [5.41, 5.74) is 4.76. The van der Waals surface area contributed by atoms with Gasteiger partial charge in [-0.05, 0) is 36.1 Å². The number of hydrogen-bond acceptors (Lipinski definition) is 2. The van der Waals surface area contributed by atoms with Crippen molar-refractivity contribution >= 4 is 17.8 Å². The van der Waals surface area contributed by atoms with E-state index in [9.17, 15) is 4.79 Å². The molecule has 2 aromatic carbocycles. The number of aryl methyl sites for hydroxylation is 2. The van der Waals surface area contributed by atoms with Crippen LogP contribution >= 0.6 is 0 Å². The Hall–Kier alpha value is -2.68. The maximum atomic E-state index is 12.1. The molecule has 1 N–H and O–H groups in total. The lowest BCUT2D eigenvalue weighted by Gasteiger charge is -2.03. The molecule has 1 aliphatic rings. The minimum absolute atomic E-state index is 0.155. The second kappa shape index (κ2) is 5.98. The number of aliphatic imine (C=N–C) groups is 1. The SMILES string of the molecule is CCc1ccc(/C=C2/N=C(c3ccccc3C)NC2=O)cc1. The number of nitrogens with one attached hydrogen (secondary N) is 1. The first-order valence-corrected chi connectivity index (χ1v) is 7.44. The first kappa shape index (κ1) is 14.3. The van der Waals surface area contributed by atoms with Crippen LogP contribution in [0.15, 0.2) is 59.2 Å². The number of rotatable bonds is 3. The molecular weight excluding hydrogens is 272 g/mol. The molecule has 0 unspecified atom stereocenters. The molecule has 0 atom stereocenters. The summed E-state index contributed by atoms with van der Waals surface area (Å²) < 4.78 is 0. The number of carbonyl (C=O) groups excluding carboxylic acids is 1. The molecule has 1 amide bonds. The number of amidine groups is 1. The maximum Gasteiger partial charge on any atom is 0.275 e. The van der Waals surface area contributed by atoms with Gasteiger partial charge in [-0.2, -0.15) is 0 Å². The number of hydrogen-bond donors (Lipinski definition) is 1. The van der Waals surface area contributed by atoms with Crippen molar-refractivity contribution in [1.82, 2.24) is 5.32 Å². The lowest BCUT2D eigenvalue weighted by molar-refractivity contribution is -0.115. The topological polar surface area (TPSA) is 41.5 Å². The molecule has 0 saturated heterocycles. The third-order valence-corrected chi connectivity index (χ3v) is 3.79. The van der Waals surface area contributed by atoms with Crippen LogP contribution in [0.2, 0.25) is 0 Å². The average Bonchev–Trinajstić information content (AvgIpc) is 2.89. The van der Waals surface area contributed by atoms with Gasteiger partial charge in [0.15, 0.2) is 0 Å². The Labute approximate surface area is 130 Å². The monoisotopic (exact) mass is 290 g/mol. The van der Waals surface area contributed by atoms with E-state index < -0.39 is 0 Å². The van der Waals surface area contributed by atoms with Crippen LogP contribution in [0.5, 0.6) is 0 Å². The molecule has 3 heteroatoms. The minimum Gasteiger partial charge on any atom is -0.305 e. The van der Waals surface area contributed by atoms with Crippen molar-refractivity contribution in [3.63, 3.8) is 0 Å². The Morgan fingerprint density at radius 2 is 1.82 bits per heavy atom. The molecule has 0 fully saturated rings. The van der Waals surface area contributed by atoms with Crippen LogP contribution in [0, 0.1) is 6.92 Å². The fourth-order valence-electron chi connectivity index (χ4n) is 2.44. The van der Waals surface area contributed by atoms with E-state index in [-0.39, 0.29) is 5.91 Å². The molecule has 0 aromatic heterocycles. The first-order valence-electron chi connectivity index (χ1n) is 7.44. The van der Waals surface area contributed by atoms with Crippen LogP contribution in [-0.2, 0) is 11.2 Å². The van der Waals surface area contributed by atoms with E-state index in [0.29, 0.717) is 11.5 Å². The van der Waals surface area contributed by atoms with Crippen molar-refractivity contribution in [3.8, 4) is 0 Å². The smallest absolute Gasteiger partial charge is 0.275 e. The van der Waals surface area contributed by atoms with Crippen molar-refractivity contribution in [2.45, 2.75) is 20.3 Å². The largest absolute Gasteiger partial charge is 0.305 e. The fourth-order valence-corrected chi connectivity index (χ4v) is 2.44. The van der Waals surface area contributed by atoms with Gasteiger partial charge in [-0.1, -0.05) is 55.5 Å². The Morgan fingerprint density at radius 3 is 2.50 bits per heavy atom. The van der Waals surface area contributed by atoms with Crippen molar-refractivity contribution < 1.29 is 4.79 Å². The molecule has 0 saturated carbocycles. The molecule has 3 rings (SSSR count). The van der Waals surface area contributed by atoms with Gasteiger partial charge < -0.3 is 5.32 Å². The van der Waals surface area contributed by atoms with Crippen molar-refractivity contribution in [3.05, 3.63) is 76.5 Å². The average molecular weight is 290 g/mol. The zero-order valence-electron chi connectivity index (χ0n) is 12.8. The zero-order chi connectivity index (χ0) is 15.5. The van der Waals surface area contributed by atoms with Crippen LogP contribution in [0.1, 0.15) is 29.2 Å². The van der Waals surface area contributed by atoms with Crippen molar-refractivity contribution in [2.75, 3.05) is 0 Å². The summed E-state index contributed by atoms with van der Waals surface area (Å²) in [5, 5.41) is 2.85. The fraction of sp³-hybridized carbons (Fsp3) is 0.158. The molecule has 3 nitrogen and oxygen atoms in total. The third kappa shape index (κ3) is 2.84. The van der Waals surface area contributed by atoms with E-state index in [1.807, 2.05) is 49.4 Å². The second-order valence-electron chi connectivity index (χ2n) is 5.35. The van der Waals surface area contributed by atoms with Crippen LogP contribution in [0.25, 0.3) is 6.08 Å². The lowest BCUT2D eigenvalue weighted by Crippen LogP contribution is -2.25. The standard InChI is InChI=1S/C19H18N2O/c1-3-14-8-10-15(11-9-14)12-17-19(22)21-18(20-17)16-7-5-4-6-13(16)2/h4-12H,3H2,1-2H3,(H,20,21,22)/b17-12+. The second-order valence-corrected chi connectivity index (χ2v) is 5.35. The van der Waals surface area contributed by atoms with E-state index in [1.54, 1.807) is 0 Å². The van der Waals surface area contributed by atoms with E-state index >= 15 is 0 Å². The van der Waals surface area contributed by atoms with E-state index in [2.05, 4.69) is 29.4 Å². The highest BCUT2D eigenvalue weighted by molar-refractivity contribution is 6.20. The molecule has 0 radical (unpaired) electrons. The summed E-state index contributed by atoms with van der Waals surface area (Å²) in [5.74, 6) is 0.470. The Kier molecular flexibility index (Phi) is 3.88. The predicted octanol–water partition coefficient (Wildman–Crippen LogP) is 3.47. The molecular formula is C19H18N2O. The van der Waals surface area contributed by atoms with Crippen LogP contribution in [0.4, 0.5) is 0 Å². The van der Waals surface area contributed by atoms with Gasteiger partial charge in [-0.15, -0.1) is 0 Å². The van der Waals surface area contributed by atoms with Crippen LogP contribution < -0.4 is 5.32 Å². The van der Waals surface area contributed by atoms with Gasteiger partial charge in [0, 0.05) is 5.56 Å². The maximum absolute atomic E-state index is 12.1. The normalized spacial score (nSPS) is 15.8. The molecule has 22 heavy (non-hydrogen) atoms. The Bertz CT molecular complexity index is 770. The number of nitrogens with zero attached hydrogens (tertiary/aromatic N) is 1. The van der Waals surface area contributed by atoms with E-state index in [0.717, 1.165) is 23.1 Å². The highest BCUT2D eigenvalue weighted by Crippen LogP contribution is 2.17. The van der Waals surface area contributed by atoms with Gasteiger partial charge in [0.2, 0.25) is 0 Å². The highest BCUT2D eigenvalue weighted by Gasteiger charge is 2.21. The zero-order valence-corrected chi connectivity index (χ0v) is 12.8. The number of amides is 1. The molecule has 1 heterocycles. The van der Waals surface area contributed by atoms with E-state index in [4.69, 9.17) is 0 Å². The van der Waals surface area contributed by atoms with Crippen LogP contribution in [0.3, 0.4) is 0 Å². The van der Waals surface area contributed by atoms with Gasteiger partial charge in [0.25, 0.3) is 5.91 Å². The molecule has 1 aliphatic heterocycles. The molecule has 0 aliphatic carbocycles. The molecule has 0 bridgehead atoms.